The molecule has 0 aliphatic carbocycles. The van der Waals surface area contributed by atoms with Gasteiger partial charge in [0.25, 0.3) is 0 Å². The van der Waals surface area contributed by atoms with Crippen molar-refractivity contribution in [2.24, 2.45) is 0 Å². The first-order valence-corrected chi connectivity index (χ1v) is 11.9. The molecule has 1 N–H and O–H groups in total. The normalized spacial score (nSPS) is 15.7. The van der Waals surface area contributed by atoms with Crippen molar-refractivity contribution in [1.82, 2.24) is 0 Å². The Morgan fingerprint density at radius 3 is 2.07 bits per heavy atom. The largest absolute Gasteiger partial charge is 0.378 e. The first-order chi connectivity index (χ1) is 13.9. The summed E-state index contributed by atoms with van der Waals surface area (Å²) in [6.07, 6.45) is 29.4. The lowest BCUT2D eigenvalue weighted by Crippen LogP contribution is -2.19. The molecule has 1 nitrogen and oxygen atoms in total. The molecule has 2 rings (SSSR count). The zero-order chi connectivity index (χ0) is 19.7. The minimum absolute atomic E-state index is 0.517. The van der Waals surface area contributed by atoms with Gasteiger partial charge in [-0.05, 0) is 43.7 Å². The average Bonchev–Trinajstić information content (AvgIpc) is 2.73. The van der Waals surface area contributed by atoms with Crippen molar-refractivity contribution in [2.75, 3.05) is 5.32 Å². The summed E-state index contributed by atoms with van der Waals surface area (Å²) in [6.45, 7) is 3.90. The molecule has 0 saturated carbocycles. The second-order valence-electron chi connectivity index (χ2n) is 8.28. The molecule has 1 aromatic carbocycles. The van der Waals surface area contributed by atoms with E-state index in [1.165, 1.54) is 101 Å². The maximum atomic E-state index is 3.90. The van der Waals surface area contributed by atoms with Crippen molar-refractivity contribution in [3.05, 3.63) is 55.0 Å². The molecule has 0 fully saturated rings. The van der Waals surface area contributed by atoms with Gasteiger partial charge in [0.2, 0.25) is 0 Å². The Balaban J connectivity index is 1.34. The number of benzene rings is 1. The maximum Gasteiger partial charge on any atom is 0.0447 e. The SMILES string of the molecule is [CH2]CCCCCCC/C=C\CCCCCCCCC1C=Cc2ccccc2N1. The van der Waals surface area contributed by atoms with Crippen LogP contribution in [0.3, 0.4) is 0 Å². The first kappa shape index (κ1) is 22.8. The van der Waals surface area contributed by atoms with Gasteiger partial charge in [-0.1, -0.05) is 114 Å². The Hall–Kier alpha value is -1.50. The highest BCUT2D eigenvalue weighted by Crippen LogP contribution is 2.24. The highest BCUT2D eigenvalue weighted by molar-refractivity contribution is 5.70. The molecule has 1 aromatic rings. The Morgan fingerprint density at radius 2 is 1.36 bits per heavy atom. The van der Waals surface area contributed by atoms with E-state index in [1.807, 2.05) is 0 Å². The van der Waals surface area contributed by atoms with Gasteiger partial charge in [-0.3, -0.25) is 0 Å². The fourth-order valence-electron chi connectivity index (χ4n) is 3.95. The van der Waals surface area contributed by atoms with Crippen LogP contribution in [-0.4, -0.2) is 6.04 Å². The fraction of sp³-hybridized carbons (Fsp3) is 0.593. The molecule has 1 atom stereocenters. The van der Waals surface area contributed by atoms with Crippen LogP contribution in [0.5, 0.6) is 0 Å². The zero-order valence-electron chi connectivity index (χ0n) is 18.0. The summed E-state index contributed by atoms with van der Waals surface area (Å²) in [4.78, 5) is 0. The molecule has 0 saturated heterocycles. The van der Waals surface area contributed by atoms with Gasteiger partial charge in [-0.15, -0.1) is 0 Å². The topological polar surface area (TPSA) is 12.0 Å². The molecule has 1 aliphatic heterocycles. The summed E-state index contributed by atoms with van der Waals surface area (Å²) in [6, 6.07) is 9.10. The molecule has 1 radical (unpaired) electrons. The lowest BCUT2D eigenvalue weighted by atomic mass is 10.0. The van der Waals surface area contributed by atoms with E-state index >= 15 is 0 Å². The molecule has 0 aromatic heterocycles. The summed E-state index contributed by atoms with van der Waals surface area (Å²) < 4.78 is 0. The number of hydrogen-bond donors (Lipinski definition) is 1. The Bertz CT molecular complexity index is 557. The lowest BCUT2D eigenvalue weighted by Gasteiger charge is -2.22. The van der Waals surface area contributed by atoms with E-state index in [-0.39, 0.29) is 0 Å². The highest BCUT2D eigenvalue weighted by atomic mass is 14.9. The Labute approximate surface area is 174 Å². The van der Waals surface area contributed by atoms with Gasteiger partial charge < -0.3 is 5.32 Å². The molecule has 1 heteroatoms. The summed E-state index contributed by atoms with van der Waals surface area (Å²) in [5.41, 5.74) is 2.61. The monoisotopic (exact) mass is 380 g/mol. The van der Waals surface area contributed by atoms with Crippen LogP contribution in [0.15, 0.2) is 42.5 Å². The van der Waals surface area contributed by atoms with Gasteiger partial charge >= 0.3 is 0 Å². The molecule has 155 valence electrons. The quantitative estimate of drug-likeness (QED) is 0.223. The van der Waals surface area contributed by atoms with Crippen LogP contribution in [0, 0.1) is 6.92 Å². The molecule has 28 heavy (non-hydrogen) atoms. The van der Waals surface area contributed by atoms with Gasteiger partial charge in [-0.25, -0.2) is 0 Å². The first-order valence-electron chi connectivity index (χ1n) is 11.9. The maximum absolute atomic E-state index is 3.90. The van der Waals surface area contributed by atoms with Crippen molar-refractivity contribution in [3.63, 3.8) is 0 Å². The molecule has 0 spiro atoms. The second-order valence-corrected chi connectivity index (χ2v) is 8.28. The fourth-order valence-corrected chi connectivity index (χ4v) is 3.95. The van der Waals surface area contributed by atoms with Crippen LogP contribution >= 0.6 is 0 Å². The summed E-state index contributed by atoms with van der Waals surface area (Å²) in [5, 5.41) is 3.65. The van der Waals surface area contributed by atoms with Crippen LogP contribution in [0.1, 0.15) is 102 Å². The number of allylic oxidation sites excluding steroid dienone is 2. The number of nitrogens with one attached hydrogen (secondary N) is 1. The van der Waals surface area contributed by atoms with Crippen molar-refractivity contribution in [1.29, 1.82) is 0 Å². The number of anilines is 1. The molecule has 0 amide bonds. The van der Waals surface area contributed by atoms with Crippen LogP contribution < -0.4 is 5.32 Å². The van der Waals surface area contributed by atoms with Crippen LogP contribution in [0.2, 0.25) is 0 Å². The van der Waals surface area contributed by atoms with Crippen LogP contribution in [0.25, 0.3) is 6.08 Å². The van der Waals surface area contributed by atoms with E-state index in [0.29, 0.717) is 6.04 Å². The number of unbranched alkanes of at least 4 members (excludes halogenated alkanes) is 12. The van der Waals surface area contributed by atoms with Crippen LogP contribution in [0.4, 0.5) is 5.69 Å². The van der Waals surface area contributed by atoms with E-state index in [2.05, 4.69) is 60.8 Å². The number of fused-ring (bicyclic) bond motifs is 1. The number of para-hydroxylation sites is 1. The number of rotatable bonds is 16. The van der Waals surface area contributed by atoms with E-state index in [0.717, 1.165) is 6.42 Å². The molecule has 1 aliphatic rings. The third-order valence-corrected chi connectivity index (χ3v) is 5.73. The van der Waals surface area contributed by atoms with Crippen LogP contribution in [-0.2, 0) is 0 Å². The average molecular weight is 381 g/mol. The lowest BCUT2D eigenvalue weighted by molar-refractivity contribution is 0.572. The summed E-state index contributed by atoms with van der Waals surface area (Å²) in [7, 11) is 0. The van der Waals surface area contributed by atoms with E-state index < -0.39 is 0 Å². The number of hydrogen-bond acceptors (Lipinski definition) is 1. The van der Waals surface area contributed by atoms with Crippen molar-refractivity contribution >= 4 is 11.8 Å². The molecule has 0 bridgehead atoms. The summed E-state index contributed by atoms with van der Waals surface area (Å²) >= 11 is 0. The molecule has 1 unspecified atom stereocenters. The van der Waals surface area contributed by atoms with Gasteiger partial charge in [0, 0.05) is 11.7 Å². The van der Waals surface area contributed by atoms with Gasteiger partial charge in [-0.2, -0.15) is 0 Å². The molecular formula is C27H42N. The van der Waals surface area contributed by atoms with Gasteiger partial charge in [0.05, 0.1) is 0 Å². The third kappa shape index (κ3) is 10.2. The molecule has 1 heterocycles. The standard InChI is InChI=1S/C27H42N/c1-2-3-4-5-6-7-8-9-10-11-12-13-14-15-16-17-21-26-24-23-25-20-18-19-22-27(25)28-26/h9-10,18-20,22-24,26,28H,1-8,11-17,21H2/b10-9-. The minimum Gasteiger partial charge on any atom is -0.378 e. The van der Waals surface area contributed by atoms with E-state index in [4.69, 9.17) is 0 Å². The van der Waals surface area contributed by atoms with Crippen molar-refractivity contribution in [2.45, 2.75) is 102 Å². The molecular weight excluding hydrogens is 338 g/mol. The highest BCUT2D eigenvalue weighted by Gasteiger charge is 2.11. The van der Waals surface area contributed by atoms with E-state index in [9.17, 15) is 0 Å². The smallest absolute Gasteiger partial charge is 0.0447 e. The van der Waals surface area contributed by atoms with Crippen molar-refractivity contribution in [3.8, 4) is 0 Å². The minimum atomic E-state index is 0.517. The Kier molecular flexibility index (Phi) is 12.6. The second kappa shape index (κ2) is 15.4. The Morgan fingerprint density at radius 1 is 0.750 bits per heavy atom. The van der Waals surface area contributed by atoms with Gasteiger partial charge in [0.15, 0.2) is 0 Å². The third-order valence-electron chi connectivity index (χ3n) is 5.73. The zero-order valence-corrected chi connectivity index (χ0v) is 18.0. The predicted molar refractivity (Wildman–Crippen MR) is 127 cm³/mol. The van der Waals surface area contributed by atoms with E-state index in [1.54, 1.807) is 0 Å². The van der Waals surface area contributed by atoms with Crippen molar-refractivity contribution < 1.29 is 0 Å². The van der Waals surface area contributed by atoms with Gasteiger partial charge in [0.1, 0.15) is 0 Å². The summed E-state index contributed by atoms with van der Waals surface area (Å²) in [5.74, 6) is 0. The predicted octanol–water partition coefficient (Wildman–Crippen LogP) is 8.74.